The summed E-state index contributed by atoms with van der Waals surface area (Å²) in [5.41, 5.74) is 3.13. The van der Waals surface area contributed by atoms with Crippen LogP contribution in [-0.2, 0) is 0 Å². The Labute approximate surface area is 249 Å². The lowest BCUT2D eigenvalue weighted by molar-refractivity contribution is 0.243. The van der Waals surface area contributed by atoms with Crippen molar-refractivity contribution in [3.8, 4) is 40.5 Å². The second-order valence-corrected chi connectivity index (χ2v) is 10.1. The van der Waals surface area contributed by atoms with Crippen LogP contribution in [0.5, 0.6) is 23.0 Å². The first-order valence-electron chi connectivity index (χ1n) is 15.1. The van der Waals surface area contributed by atoms with Gasteiger partial charge in [-0.15, -0.1) is 0 Å². The Morgan fingerprint density at radius 1 is 0.762 bits per heavy atom. The fraction of sp³-hybridized carbons (Fsp3) is 0.412. The molecule has 0 saturated heterocycles. The number of nitrogens with one attached hydrogen (secondary N) is 1. The van der Waals surface area contributed by atoms with Gasteiger partial charge in [0.15, 0.2) is 5.75 Å². The van der Waals surface area contributed by atoms with Gasteiger partial charge in [-0.3, -0.25) is 0 Å². The number of ether oxygens (including phenoxy) is 3. The fourth-order valence-electron chi connectivity index (χ4n) is 4.86. The van der Waals surface area contributed by atoms with Crippen molar-refractivity contribution in [1.82, 2.24) is 19.8 Å². The zero-order valence-corrected chi connectivity index (χ0v) is 25.4. The van der Waals surface area contributed by atoms with Crippen LogP contribution in [0.3, 0.4) is 0 Å². The molecule has 0 atom stereocenters. The topological polar surface area (TPSA) is 86.6 Å². The minimum Gasteiger partial charge on any atom is -0.493 e. The van der Waals surface area contributed by atoms with Crippen LogP contribution in [0.15, 0.2) is 60.7 Å². The number of hydrogen-bond acceptors (Lipinski definition) is 7. The molecule has 0 saturated carbocycles. The maximum Gasteiger partial charge on any atom is 0.150 e. The molecule has 0 bridgehead atoms. The SMILES string of the molecule is CCN(CC)CCCOc1cc(OCCCN(CC)CC)c2nc(-c3cccc(Oc4ccc(C#N)cc4)c3)[nH]c2c1. The number of nitriles is 1. The molecule has 1 heterocycles. The normalized spacial score (nSPS) is 11.3. The maximum atomic E-state index is 9.05. The Balaban J connectivity index is 1.54. The monoisotopic (exact) mass is 569 g/mol. The molecule has 1 aromatic heterocycles. The molecule has 0 amide bonds. The third-order valence-corrected chi connectivity index (χ3v) is 7.40. The number of nitrogens with zero attached hydrogens (tertiary/aromatic N) is 4. The predicted octanol–water partition coefficient (Wildman–Crippen LogP) is 7.12. The zero-order chi connectivity index (χ0) is 29.7. The highest BCUT2D eigenvalue weighted by atomic mass is 16.5. The molecule has 0 radical (unpaired) electrons. The number of fused-ring (bicyclic) bond motifs is 1. The van der Waals surface area contributed by atoms with Crippen molar-refractivity contribution in [3.63, 3.8) is 0 Å². The summed E-state index contributed by atoms with van der Waals surface area (Å²) in [5, 5.41) is 9.05. The minimum atomic E-state index is 0.594. The average Bonchev–Trinajstić information content (AvgIpc) is 3.46. The van der Waals surface area contributed by atoms with Gasteiger partial charge in [-0.25, -0.2) is 4.98 Å². The van der Waals surface area contributed by atoms with Gasteiger partial charge in [0.2, 0.25) is 0 Å². The molecule has 4 rings (SSSR count). The van der Waals surface area contributed by atoms with Gasteiger partial charge >= 0.3 is 0 Å². The summed E-state index contributed by atoms with van der Waals surface area (Å²) in [6, 6.07) is 21.0. The van der Waals surface area contributed by atoms with Crippen molar-refractivity contribution < 1.29 is 14.2 Å². The van der Waals surface area contributed by atoms with E-state index < -0.39 is 0 Å². The average molecular weight is 570 g/mol. The molecule has 0 spiro atoms. The van der Waals surface area contributed by atoms with Crippen LogP contribution in [0, 0.1) is 11.3 Å². The van der Waals surface area contributed by atoms with E-state index in [1.165, 1.54) is 0 Å². The highest BCUT2D eigenvalue weighted by Gasteiger charge is 2.14. The van der Waals surface area contributed by atoms with Gasteiger partial charge in [0.1, 0.15) is 28.6 Å². The van der Waals surface area contributed by atoms with Crippen molar-refractivity contribution in [1.29, 1.82) is 5.26 Å². The molecule has 42 heavy (non-hydrogen) atoms. The molecule has 222 valence electrons. The van der Waals surface area contributed by atoms with E-state index >= 15 is 0 Å². The lowest BCUT2D eigenvalue weighted by atomic mass is 10.2. The third-order valence-electron chi connectivity index (χ3n) is 7.40. The first-order chi connectivity index (χ1) is 20.6. The lowest BCUT2D eigenvalue weighted by Crippen LogP contribution is -2.25. The van der Waals surface area contributed by atoms with Gasteiger partial charge in [0.25, 0.3) is 0 Å². The zero-order valence-electron chi connectivity index (χ0n) is 25.4. The fourth-order valence-corrected chi connectivity index (χ4v) is 4.86. The third kappa shape index (κ3) is 8.48. The van der Waals surface area contributed by atoms with Gasteiger partial charge in [-0.05, 0) is 75.4 Å². The van der Waals surface area contributed by atoms with Crippen LogP contribution >= 0.6 is 0 Å². The van der Waals surface area contributed by atoms with E-state index in [1.807, 2.05) is 36.4 Å². The molecule has 3 aromatic carbocycles. The van der Waals surface area contributed by atoms with E-state index in [0.717, 1.165) is 86.0 Å². The Hall–Kier alpha value is -4.06. The number of rotatable bonds is 17. The summed E-state index contributed by atoms with van der Waals surface area (Å²) < 4.78 is 18.5. The molecule has 8 nitrogen and oxygen atoms in total. The van der Waals surface area contributed by atoms with Gasteiger partial charge in [-0.1, -0.05) is 39.8 Å². The van der Waals surface area contributed by atoms with Crippen LogP contribution in [-0.4, -0.2) is 72.3 Å². The second kappa shape index (κ2) is 15.8. The van der Waals surface area contributed by atoms with Crippen LogP contribution in [0.4, 0.5) is 0 Å². The summed E-state index contributed by atoms with van der Waals surface area (Å²) in [7, 11) is 0. The number of hydrogen-bond donors (Lipinski definition) is 1. The second-order valence-electron chi connectivity index (χ2n) is 10.1. The molecule has 0 aliphatic rings. The first kappa shape index (κ1) is 30.9. The Morgan fingerprint density at radius 3 is 2.07 bits per heavy atom. The molecule has 0 aliphatic carbocycles. The molecular weight excluding hydrogens is 526 g/mol. The van der Waals surface area contributed by atoms with Gasteiger partial charge in [0.05, 0.1) is 30.4 Å². The van der Waals surface area contributed by atoms with Crippen molar-refractivity contribution in [2.75, 3.05) is 52.5 Å². The quantitative estimate of drug-likeness (QED) is 0.136. The van der Waals surface area contributed by atoms with Crippen molar-refractivity contribution >= 4 is 11.0 Å². The van der Waals surface area contributed by atoms with E-state index in [-0.39, 0.29) is 0 Å². The highest BCUT2D eigenvalue weighted by Crippen LogP contribution is 2.34. The smallest absolute Gasteiger partial charge is 0.150 e. The van der Waals surface area contributed by atoms with Crippen molar-refractivity contribution in [3.05, 3.63) is 66.2 Å². The Kier molecular flexibility index (Phi) is 11.6. The van der Waals surface area contributed by atoms with E-state index in [0.29, 0.717) is 30.3 Å². The van der Waals surface area contributed by atoms with E-state index in [1.54, 1.807) is 24.3 Å². The highest BCUT2D eigenvalue weighted by molar-refractivity contribution is 5.86. The first-order valence-corrected chi connectivity index (χ1v) is 15.1. The van der Waals surface area contributed by atoms with E-state index in [4.69, 9.17) is 24.5 Å². The number of aromatic nitrogens is 2. The summed E-state index contributed by atoms with van der Waals surface area (Å²) in [6.07, 6.45) is 1.89. The molecule has 0 fully saturated rings. The van der Waals surface area contributed by atoms with Gasteiger partial charge < -0.3 is 29.0 Å². The number of aromatic amines is 1. The van der Waals surface area contributed by atoms with Crippen LogP contribution < -0.4 is 14.2 Å². The molecule has 0 aliphatic heterocycles. The van der Waals surface area contributed by atoms with E-state index in [9.17, 15) is 0 Å². The Bertz CT molecular complexity index is 1440. The lowest BCUT2D eigenvalue weighted by Gasteiger charge is -2.18. The van der Waals surface area contributed by atoms with Crippen LogP contribution in [0.1, 0.15) is 46.1 Å². The Morgan fingerprint density at radius 2 is 1.43 bits per heavy atom. The number of benzene rings is 3. The minimum absolute atomic E-state index is 0.594. The molecular formula is C34H43N5O3. The van der Waals surface area contributed by atoms with Crippen molar-refractivity contribution in [2.24, 2.45) is 0 Å². The summed E-state index contributed by atoms with van der Waals surface area (Å²) in [6.45, 7) is 16.2. The standard InChI is InChI=1S/C34H43N5O3/c1-5-38(6-2)18-10-20-40-30-23-31-33(32(24-30)41-21-11-19-39(7-3)8-4)37-34(36-31)27-12-9-13-29(22-27)42-28-16-14-26(25-35)15-17-28/h9,12-17,22-24H,5-8,10-11,18-21H2,1-4H3,(H,36,37). The summed E-state index contributed by atoms with van der Waals surface area (Å²) in [5.74, 6) is 3.57. The van der Waals surface area contributed by atoms with Crippen LogP contribution in [0.2, 0.25) is 0 Å². The van der Waals surface area contributed by atoms with Gasteiger partial charge in [0, 0.05) is 30.8 Å². The number of H-pyrrole nitrogens is 1. The van der Waals surface area contributed by atoms with Crippen LogP contribution in [0.25, 0.3) is 22.4 Å². The molecule has 4 aromatic rings. The van der Waals surface area contributed by atoms with Gasteiger partial charge in [-0.2, -0.15) is 5.26 Å². The van der Waals surface area contributed by atoms with Crippen molar-refractivity contribution in [2.45, 2.75) is 40.5 Å². The summed E-state index contributed by atoms with van der Waals surface area (Å²) >= 11 is 0. The molecule has 1 N–H and O–H groups in total. The number of imidazole rings is 1. The largest absolute Gasteiger partial charge is 0.493 e. The maximum absolute atomic E-state index is 9.05. The molecule has 0 unspecified atom stereocenters. The van der Waals surface area contributed by atoms with E-state index in [2.05, 4.69) is 48.5 Å². The molecule has 8 heteroatoms. The predicted molar refractivity (Wildman–Crippen MR) is 169 cm³/mol. The summed E-state index contributed by atoms with van der Waals surface area (Å²) in [4.78, 5) is 13.2.